The zero-order valence-corrected chi connectivity index (χ0v) is 13.7. The molecule has 3 aliphatic carbocycles. The van der Waals surface area contributed by atoms with E-state index in [-0.39, 0.29) is 16.2 Å². The summed E-state index contributed by atoms with van der Waals surface area (Å²) in [5.74, 6) is -1.37. The maximum Gasteiger partial charge on any atom is 0.490 e. The number of esters is 1. The van der Waals surface area contributed by atoms with Gasteiger partial charge in [-0.05, 0) is 54.8 Å². The molecule has 0 amide bonds. The molecule has 0 aliphatic heterocycles. The Morgan fingerprint density at radius 3 is 2.36 bits per heavy atom. The Morgan fingerprint density at radius 1 is 1.14 bits per heavy atom. The summed E-state index contributed by atoms with van der Waals surface area (Å²) in [5, 5.41) is 0. The van der Waals surface area contributed by atoms with Crippen molar-refractivity contribution in [2.24, 2.45) is 28.1 Å². The third-order valence-corrected chi connectivity index (χ3v) is 7.09. The number of hydrogen-bond acceptors (Lipinski definition) is 2. The first-order chi connectivity index (χ1) is 9.95. The zero-order chi connectivity index (χ0) is 16.6. The highest BCUT2D eigenvalue weighted by atomic mass is 19.4. The van der Waals surface area contributed by atoms with E-state index in [2.05, 4.69) is 27.7 Å². The lowest BCUT2D eigenvalue weighted by molar-refractivity contribution is -0.213. The quantitative estimate of drug-likeness (QED) is 0.654. The Balaban J connectivity index is 1.99. The van der Waals surface area contributed by atoms with E-state index in [1.807, 2.05) is 0 Å². The molecule has 0 aromatic heterocycles. The van der Waals surface area contributed by atoms with Crippen molar-refractivity contribution in [2.75, 3.05) is 0 Å². The molecular weight excluding hydrogens is 293 g/mol. The molecule has 0 saturated heterocycles. The molecule has 0 bridgehead atoms. The fourth-order valence-electron chi connectivity index (χ4n) is 6.85. The van der Waals surface area contributed by atoms with Crippen molar-refractivity contribution in [2.45, 2.75) is 72.1 Å². The molecule has 22 heavy (non-hydrogen) atoms. The number of ether oxygens (including phenoxy) is 1. The van der Waals surface area contributed by atoms with Gasteiger partial charge in [0.1, 0.15) is 6.10 Å². The van der Waals surface area contributed by atoms with Crippen LogP contribution < -0.4 is 0 Å². The summed E-state index contributed by atoms with van der Waals surface area (Å²) in [5.41, 5.74) is -0.201. The van der Waals surface area contributed by atoms with E-state index in [0.717, 1.165) is 25.7 Å². The van der Waals surface area contributed by atoms with Crippen LogP contribution in [0.3, 0.4) is 0 Å². The van der Waals surface area contributed by atoms with Crippen LogP contribution in [0.2, 0.25) is 0 Å². The van der Waals surface area contributed by atoms with Crippen LogP contribution in [0.1, 0.15) is 59.8 Å². The van der Waals surface area contributed by atoms with E-state index in [1.54, 1.807) is 0 Å². The van der Waals surface area contributed by atoms with Crippen molar-refractivity contribution in [3.05, 3.63) is 0 Å². The van der Waals surface area contributed by atoms with Gasteiger partial charge >= 0.3 is 12.1 Å². The Bertz CT molecular complexity index is 499. The third kappa shape index (κ3) is 1.83. The van der Waals surface area contributed by atoms with Crippen molar-refractivity contribution >= 4 is 5.97 Å². The molecule has 0 N–H and O–H groups in total. The second kappa shape index (κ2) is 4.41. The number of rotatable bonds is 1. The largest absolute Gasteiger partial charge is 0.490 e. The van der Waals surface area contributed by atoms with Gasteiger partial charge in [0, 0.05) is 5.41 Å². The van der Waals surface area contributed by atoms with Gasteiger partial charge in [-0.15, -0.1) is 0 Å². The lowest BCUT2D eigenvalue weighted by Gasteiger charge is -2.46. The molecule has 0 aromatic carbocycles. The molecule has 3 fully saturated rings. The highest BCUT2D eigenvalue weighted by molar-refractivity contribution is 5.76. The maximum atomic E-state index is 12.7. The third-order valence-electron chi connectivity index (χ3n) is 7.09. The normalized spacial score (nSPS) is 46.4. The van der Waals surface area contributed by atoms with E-state index < -0.39 is 18.2 Å². The average molecular weight is 318 g/mol. The molecule has 2 nitrogen and oxygen atoms in total. The molecule has 3 aliphatic rings. The first-order valence-electron chi connectivity index (χ1n) is 8.23. The van der Waals surface area contributed by atoms with E-state index in [0.29, 0.717) is 18.3 Å². The highest BCUT2D eigenvalue weighted by Gasteiger charge is 2.74. The molecule has 5 atom stereocenters. The molecule has 1 spiro atoms. The van der Waals surface area contributed by atoms with Gasteiger partial charge in [-0.2, -0.15) is 13.2 Å². The smallest absolute Gasteiger partial charge is 0.455 e. The maximum absolute atomic E-state index is 12.7. The lowest BCUT2D eigenvalue weighted by Crippen LogP contribution is -2.48. The highest BCUT2D eigenvalue weighted by Crippen LogP contribution is 2.78. The van der Waals surface area contributed by atoms with Gasteiger partial charge < -0.3 is 4.74 Å². The second-order valence-electron chi connectivity index (χ2n) is 8.62. The van der Waals surface area contributed by atoms with E-state index in [4.69, 9.17) is 4.74 Å². The predicted molar refractivity (Wildman–Crippen MR) is 76.0 cm³/mol. The zero-order valence-electron chi connectivity index (χ0n) is 13.7. The molecule has 0 radical (unpaired) electrons. The Hall–Kier alpha value is -0.740. The first kappa shape index (κ1) is 16.1. The SMILES string of the molecule is CC1CC[C@H]2C(C)(C)C[C@]3(C)CC[C@@H](OC(=O)C(F)(F)F)C123. The van der Waals surface area contributed by atoms with Crippen LogP contribution >= 0.6 is 0 Å². The standard InChI is InChI=1S/C17H25F3O2/c1-10-5-6-11-14(2,3)9-15(4)8-7-12(16(10,11)15)22-13(21)17(18,19)20/h10-12H,5-9H2,1-4H3/t10?,11-,12+,15-,16?/m0/s1. The topological polar surface area (TPSA) is 26.3 Å². The summed E-state index contributed by atoms with van der Waals surface area (Å²) in [6.07, 6.45) is -1.01. The fourth-order valence-corrected chi connectivity index (χ4v) is 6.85. The summed E-state index contributed by atoms with van der Waals surface area (Å²) >= 11 is 0. The second-order valence-corrected chi connectivity index (χ2v) is 8.62. The van der Waals surface area contributed by atoms with Gasteiger partial charge in [0.15, 0.2) is 0 Å². The summed E-state index contributed by atoms with van der Waals surface area (Å²) < 4.78 is 43.0. The van der Waals surface area contributed by atoms with E-state index in [1.165, 1.54) is 0 Å². The van der Waals surface area contributed by atoms with Gasteiger partial charge in [0.25, 0.3) is 0 Å². The summed E-state index contributed by atoms with van der Waals surface area (Å²) in [6, 6.07) is 0. The minimum absolute atomic E-state index is 0.0202. The number of carbonyl (C=O) groups is 1. The van der Waals surface area contributed by atoms with Crippen LogP contribution in [0.15, 0.2) is 0 Å². The van der Waals surface area contributed by atoms with Crippen LogP contribution in [0.25, 0.3) is 0 Å². The van der Waals surface area contributed by atoms with Crippen LogP contribution in [0.5, 0.6) is 0 Å². The molecule has 3 saturated carbocycles. The Labute approximate surface area is 129 Å². The molecular formula is C17H25F3O2. The van der Waals surface area contributed by atoms with Crippen molar-refractivity contribution in [1.82, 2.24) is 0 Å². The van der Waals surface area contributed by atoms with Gasteiger partial charge in [-0.25, -0.2) is 4.79 Å². The van der Waals surface area contributed by atoms with Gasteiger partial charge in [-0.1, -0.05) is 27.7 Å². The molecule has 0 heterocycles. The van der Waals surface area contributed by atoms with Crippen LogP contribution in [-0.4, -0.2) is 18.2 Å². The molecule has 3 rings (SSSR count). The van der Waals surface area contributed by atoms with Crippen molar-refractivity contribution in [3.8, 4) is 0 Å². The monoisotopic (exact) mass is 318 g/mol. The minimum Gasteiger partial charge on any atom is -0.455 e. The molecule has 2 unspecified atom stereocenters. The van der Waals surface area contributed by atoms with Gasteiger partial charge in [-0.3, -0.25) is 0 Å². The summed E-state index contributed by atoms with van der Waals surface area (Å²) in [6.45, 7) is 8.80. The van der Waals surface area contributed by atoms with Crippen molar-refractivity contribution in [1.29, 1.82) is 0 Å². The van der Waals surface area contributed by atoms with Crippen LogP contribution in [-0.2, 0) is 9.53 Å². The summed E-state index contributed by atoms with van der Waals surface area (Å²) in [7, 11) is 0. The van der Waals surface area contributed by atoms with Gasteiger partial charge in [0.05, 0.1) is 0 Å². The van der Waals surface area contributed by atoms with Crippen LogP contribution in [0.4, 0.5) is 13.2 Å². The van der Waals surface area contributed by atoms with Crippen molar-refractivity contribution < 1.29 is 22.7 Å². The lowest BCUT2D eigenvalue weighted by atomic mass is 9.61. The fraction of sp³-hybridized carbons (Fsp3) is 0.941. The molecule has 5 heteroatoms. The predicted octanol–water partition coefficient (Wildman–Crippen LogP) is 4.72. The summed E-state index contributed by atoms with van der Waals surface area (Å²) in [4.78, 5) is 11.4. The Kier molecular flexibility index (Phi) is 3.24. The molecule has 126 valence electrons. The Morgan fingerprint density at radius 2 is 1.77 bits per heavy atom. The number of hydrogen-bond donors (Lipinski definition) is 0. The van der Waals surface area contributed by atoms with Crippen LogP contribution in [0, 0.1) is 28.1 Å². The van der Waals surface area contributed by atoms with Crippen molar-refractivity contribution in [3.63, 3.8) is 0 Å². The van der Waals surface area contributed by atoms with Gasteiger partial charge in [0.2, 0.25) is 0 Å². The number of halogens is 3. The molecule has 0 aromatic rings. The number of alkyl halides is 3. The van der Waals surface area contributed by atoms with E-state index in [9.17, 15) is 18.0 Å². The average Bonchev–Trinajstić information content (AvgIpc) is 2.88. The van der Waals surface area contributed by atoms with E-state index >= 15 is 0 Å². The number of carbonyl (C=O) groups excluding carboxylic acids is 1. The first-order valence-corrected chi connectivity index (χ1v) is 8.23. The minimum atomic E-state index is -4.90.